The van der Waals surface area contributed by atoms with E-state index in [9.17, 15) is 9.59 Å². The minimum atomic E-state index is -0.382. The number of benzene rings is 1. The fraction of sp³-hybridized carbons (Fsp3) is 0.333. The zero-order valence-electron chi connectivity index (χ0n) is 11.8. The summed E-state index contributed by atoms with van der Waals surface area (Å²) in [6.07, 6.45) is 1.77. The maximum atomic E-state index is 11.8. The third-order valence-corrected chi connectivity index (χ3v) is 3.04. The molecule has 0 bridgehead atoms. The maximum Gasteiger partial charge on any atom is 0.338 e. The number of ether oxygens (including phenoxy) is 2. The van der Waals surface area contributed by atoms with E-state index in [1.165, 1.54) is 7.11 Å². The Morgan fingerprint density at radius 3 is 2.70 bits per heavy atom. The molecule has 2 rings (SSSR count). The Morgan fingerprint density at radius 2 is 2.05 bits per heavy atom. The van der Waals surface area contributed by atoms with Crippen molar-refractivity contribution in [1.29, 1.82) is 0 Å². The van der Waals surface area contributed by atoms with Gasteiger partial charge in [-0.25, -0.2) is 4.79 Å². The molecule has 0 aliphatic heterocycles. The van der Waals surface area contributed by atoms with E-state index < -0.39 is 0 Å². The van der Waals surface area contributed by atoms with Crippen molar-refractivity contribution in [3.63, 3.8) is 0 Å². The van der Waals surface area contributed by atoms with Gasteiger partial charge in [-0.3, -0.25) is 4.79 Å². The van der Waals surface area contributed by atoms with Gasteiger partial charge in [0.2, 0.25) is 0 Å². The molecule has 1 aromatic carbocycles. The molecule has 0 aliphatic rings. The van der Waals surface area contributed by atoms with Crippen molar-refractivity contribution < 1.29 is 19.1 Å². The minimum absolute atomic E-state index is 0.126. The molecule has 106 valence electrons. The van der Waals surface area contributed by atoms with Crippen LogP contribution in [0.5, 0.6) is 0 Å². The average Bonchev–Trinajstić information content (AvgIpc) is 2.80. The van der Waals surface area contributed by atoms with Crippen LogP contribution in [0.15, 0.2) is 24.4 Å². The molecule has 5 nitrogen and oxygen atoms in total. The van der Waals surface area contributed by atoms with Crippen molar-refractivity contribution in [2.45, 2.75) is 20.4 Å². The molecule has 0 unspecified atom stereocenters. The van der Waals surface area contributed by atoms with E-state index in [2.05, 4.69) is 0 Å². The molecular formula is C15H17NO4. The van der Waals surface area contributed by atoms with Gasteiger partial charge in [0.25, 0.3) is 0 Å². The van der Waals surface area contributed by atoms with Gasteiger partial charge >= 0.3 is 11.9 Å². The van der Waals surface area contributed by atoms with Crippen molar-refractivity contribution in [1.82, 2.24) is 4.57 Å². The van der Waals surface area contributed by atoms with Crippen LogP contribution < -0.4 is 0 Å². The van der Waals surface area contributed by atoms with Crippen LogP contribution in [-0.2, 0) is 20.8 Å². The number of hydrogen-bond donors (Lipinski definition) is 0. The summed E-state index contributed by atoms with van der Waals surface area (Å²) in [6.45, 7) is 4.14. The first-order chi connectivity index (χ1) is 9.56. The number of esters is 2. The van der Waals surface area contributed by atoms with Crippen LogP contribution in [0.1, 0.15) is 22.8 Å². The number of hydrogen-bond acceptors (Lipinski definition) is 4. The lowest BCUT2D eigenvalue weighted by Crippen LogP contribution is -2.12. The Morgan fingerprint density at radius 1 is 1.30 bits per heavy atom. The normalized spacial score (nSPS) is 10.6. The molecule has 0 saturated heterocycles. The Labute approximate surface area is 117 Å². The molecule has 20 heavy (non-hydrogen) atoms. The molecular weight excluding hydrogens is 258 g/mol. The van der Waals surface area contributed by atoms with Gasteiger partial charge in [0.05, 0.1) is 19.3 Å². The van der Waals surface area contributed by atoms with Crippen LogP contribution in [0.2, 0.25) is 0 Å². The third kappa shape index (κ3) is 2.66. The molecule has 0 atom stereocenters. The van der Waals surface area contributed by atoms with Crippen molar-refractivity contribution in [3.05, 3.63) is 35.5 Å². The lowest BCUT2D eigenvalue weighted by atomic mass is 10.1. The number of carbonyl (C=O) groups is 2. The molecule has 1 aromatic heterocycles. The highest BCUT2D eigenvalue weighted by molar-refractivity contribution is 6.04. The Balaban J connectivity index is 2.47. The van der Waals surface area contributed by atoms with Crippen LogP contribution in [-0.4, -0.2) is 30.2 Å². The first kappa shape index (κ1) is 14.1. The molecule has 0 aliphatic carbocycles. The second-order valence-corrected chi connectivity index (χ2v) is 4.49. The predicted molar refractivity (Wildman–Crippen MR) is 74.6 cm³/mol. The topological polar surface area (TPSA) is 57.5 Å². The summed E-state index contributed by atoms with van der Waals surface area (Å²) in [5.41, 5.74) is 2.25. The molecule has 1 heterocycles. The van der Waals surface area contributed by atoms with E-state index in [1.54, 1.807) is 29.8 Å². The second-order valence-electron chi connectivity index (χ2n) is 4.49. The minimum Gasteiger partial charge on any atom is -0.465 e. The fourth-order valence-corrected chi connectivity index (χ4v) is 2.20. The first-order valence-electron chi connectivity index (χ1n) is 6.40. The van der Waals surface area contributed by atoms with Crippen molar-refractivity contribution in [2.24, 2.45) is 0 Å². The third-order valence-electron chi connectivity index (χ3n) is 3.04. The number of rotatable bonds is 4. The van der Waals surface area contributed by atoms with Gasteiger partial charge in [0.1, 0.15) is 6.54 Å². The van der Waals surface area contributed by atoms with Gasteiger partial charge < -0.3 is 14.0 Å². The molecule has 0 radical (unpaired) electrons. The highest BCUT2D eigenvalue weighted by Gasteiger charge is 2.15. The van der Waals surface area contributed by atoms with Crippen molar-refractivity contribution >= 4 is 22.8 Å². The average molecular weight is 275 g/mol. The van der Waals surface area contributed by atoms with E-state index >= 15 is 0 Å². The van der Waals surface area contributed by atoms with Crippen LogP contribution in [0.4, 0.5) is 0 Å². The lowest BCUT2D eigenvalue weighted by molar-refractivity contribution is -0.143. The van der Waals surface area contributed by atoms with Crippen LogP contribution in [0.25, 0.3) is 10.9 Å². The highest BCUT2D eigenvalue weighted by Crippen LogP contribution is 2.23. The molecule has 0 N–H and O–H groups in total. The van der Waals surface area contributed by atoms with Gasteiger partial charge in [-0.1, -0.05) is 0 Å². The quantitative estimate of drug-likeness (QED) is 0.803. The number of fused-ring (bicyclic) bond motifs is 1. The molecule has 0 amide bonds. The van der Waals surface area contributed by atoms with Crippen LogP contribution >= 0.6 is 0 Å². The predicted octanol–water partition coefficient (Wildman–Crippen LogP) is 2.30. The van der Waals surface area contributed by atoms with E-state index in [1.807, 2.05) is 13.0 Å². The molecule has 2 aromatic rings. The van der Waals surface area contributed by atoms with Crippen LogP contribution in [0.3, 0.4) is 0 Å². The molecule has 0 fully saturated rings. The standard InChI is InChI=1S/C15H17NO4/c1-4-20-14(17)9-16-6-5-11-12(15(18)19-3)7-10(2)8-13(11)16/h5-8H,4,9H2,1-3H3. The summed E-state index contributed by atoms with van der Waals surface area (Å²) in [4.78, 5) is 23.4. The monoisotopic (exact) mass is 275 g/mol. The van der Waals surface area contributed by atoms with E-state index in [0.717, 1.165) is 16.5 Å². The largest absolute Gasteiger partial charge is 0.465 e. The Kier molecular flexibility index (Phi) is 4.08. The van der Waals surface area contributed by atoms with Gasteiger partial charge in [-0.2, -0.15) is 0 Å². The van der Waals surface area contributed by atoms with Gasteiger partial charge in [0.15, 0.2) is 0 Å². The SMILES string of the molecule is CCOC(=O)Cn1ccc2c(C(=O)OC)cc(C)cc21. The number of aromatic nitrogens is 1. The van der Waals surface area contributed by atoms with Crippen LogP contribution in [0, 0.1) is 6.92 Å². The highest BCUT2D eigenvalue weighted by atomic mass is 16.5. The van der Waals surface area contributed by atoms with E-state index in [0.29, 0.717) is 12.2 Å². The molecule has 0 saturated carbocycles. The van der Waals surface area contributed by atoms with Crippen molar-refractivity contribution in [2.75, 3.05) is 13.7 Å². The lowest BCUT2D eigenvalue weighted by Gasteiger charge is -2.07. The summed E-state index contributed by atoms with van der Waals surface area (Å²) >= 11 is 0. The van der Waals surface area contributed by atoms with Gasteiger partial charge in [0, 0.05) is 17.1 Å². The number of carbonyl (C=O) groups excluding carboxylic acids is 2. The van der Waals surface area contributed by atoms with Gasteiger partial charge in [-0.05, 0) is 37.6 Å². The van der Waals surface area contributed by atoms with E-state index in [-0.39, 0.29) is 18.5 Å². The number of methoxy groups -OCH3 is 1. The smallest absolute Gasteiger partial charge is 0.338 e. The zero-order valence-corrected chi connectivity index (χ0v) is 11.8. The zero-order chi connectivity index (χ0) is 14.7. The Bertz CT molecular complexity index is 657. The summed E-state index contributed by atoms with van der Waals surface area (Å²) < 4.78 is 11.5. The summed E-state index contributed by atoms with van der Waals surface area (Å²) in [5, 5.41) is 0.770. The number of aryl methyl sites for hydroxylation is 1. The summed E-state index contributed by atoms with van der Waals surface area (Å²) in [5.74, 6) is -0.682. The molecule has 5 heteroatoms. The molecule has 0 spiro atoms. The summed E-state index contributed by atoms with van der Waals surface area (Å²) in [7, 11) is 1.35. The number of nitrogens with zero attached hydrogens (tertiary/aromatic N) is 1. The maximum absolute atomic E-state index is 11.8. The van der Waals surface area contributed by atoms with Crippen molar-refractivity contribution in [3.8, 4) is 0 Å². The van der Waals surface area contributed by atoms with Gasteiger partial charge in [-0.15, -0.1) is 0 Å². The summed E-state index contributed by atoms with van der Waals surface area (Å²) in [6, 6.07) is 5.52. The first-order valence-corrected chi connectivity index (χ1v) is 6.40. The van der Waals surface area contributed by atoms with E-state index in [4.69, 9.17) is 9.47 Å². The fourth-order valence-electron chi connectivity index (χ4n) is 2.20. The second kappa shape index (κ2) is 5.77. The Hall–Kier alpha value is -2.30.